The van der Waals surface area contributed by atoms with Gasteiger partial charge in [-0.25, -0.2) is 0 Å². The van der Waals surface area contributed by atoms with Gasteiger partial charge in [0.2, 0.25) is 0 Å². The van der Waals surface area contributed by atoms with Crippen LogP contribution in [-0.4, -0.2) is 36.3 Å². The van der Waals surface area contributed by atoms with Crippen molar-refractivity contribution in [1.29, 1.82) is 0 Å². The molecule has 1 N–H and O–H groups in total. The molecule has 0 aromatic carbocycles. The third kappa shape index (κ3) is 3.18. The molecule has 0 radical (unpaired) electrons. The fraction of sp³-hybridized carbons (Fsp3) is 1.00. The van der Waals surface area contributed by atoms with Crippen LogP contribution in [0.2, 0.25) is 0 Å². The average Bonchev–Trinajstić information content (AvgIpc) is 2.76. The summed E-state index contributed by atoms with van der Waals surface area (Å²) in [6.07, 6.45) is 3.82. The molecular weight excluding hydrogens is 230 g/mol. The Morgan fingerprint density at radius 3 is 2.94 bits per heavy atom. The summed E-state index contributed by atoms with van der Waals surface area (Å²) in [5, 5.41) is 3.58. The maximum absolute atomic E-state index is 6.11. The molecule has 0 aromatic heterocycles. The van der Waals surface area contributed by atoms with Crippen LogP contribution < -0.4 is 5.32 Å². The Balaban J connectivity index is 1.92. The number of rotatable bonds is 4. The van der Waals surface area contributed by atoms with E-state index in [1.54, 1.807) is 0 Å². The van der Waals surface area contributed by atoms with E-state index in [0.717, 1.165) is 25.0 Å². The first-order chi connectivity index (χ1) is 8.17. The van der Waals surface area contributed by atoms with Gasteiger partial charge < -0.3 is 10.1 Å². The third-order valence-corrected chi connectivity index (χ3v) is 5.88. The van der Waals surface area contributed by atoms with Gasteiger partial charge in [-0.15, -0.1) is 0 Å². The maximum atomic E-state index is 6.11. The number of thioether (sulfide) groups is 1. The quantitative estimate of drug-likeness (QED) is 0.837. The molecule has 100 valence electrons. The van der Waals surface area contributed by atoms with Gasteiger partial charge in [0.05, 0.1) is 5.60 Å². The Labute approximate surface area is 110 Å². The monoisotopic (exact) mass is 257 g/mol. The summed E-state index contributed by atoms with van der Waals surface area (Å²) >= 11 is 2.07. The van der Waals surface area contributed by atoms with Crippen molar-refractivity contribution in [1.82, 2.24) is 5.32 Å². The van der Waals surface area contributed by atoms with E-state index in [-0.39, 0.29) is 5.60 Å². The van der Waals surface area contributed by atoms with Crippen molar-refractivity contribution in [2.45, 2.75) is 51.7 Å². The first kappa shape index (κ1) is 13.7. The van der Waals surface area contributed by atoms with Gasteiger partial charge in [-0.1, -0.05) is 13.8 Å². The molecular formula is C14H27NOS. The van der Waals surface area contributed by atoms with Crippen LogP contribution in [0.1, 0.15) is 40.0 Å². The fourth-order valence-corrected chi connectivity index (χ4v) is 4.67. The summed E-state index contributed by atoms with van der Waals surface area (Å²) in [5.74, 6) is 4.13. The highest BCUT2D eigenvalue weighted by atomic mass is 32.2. The molecule has 2 nitrogen and oxygen atoms in total. The molecule has 2 fully saturated rings. The van der Waals surface area contributed by atoms with Gasteiger partial charge in [0.1, 0.15) is 0 Å². The van der Waals surface area contributed by atoms with Crippen LogP contribution in [0.5, 0.6) is 0 Å². The lowest BCUT2D eigenvalue weighted by molar-refractivity contribution is -0.0898. The summed E-state index contributed by atoms with van der Waals surface area (Å²) < 4.78 is 6.11. The minimum atomic E-state index is 0.244. The Morgan fingerprint density at radius 2 is 2.29 bits per heavy atom. The second-order valence-corrected chi connectivity index (χ2v) is 6.90. The second kappa shape index (κ2) is 5.94. The smallest absolute Gasteiger partial charge is 0.0783 e. The number of hydrogen-bond acceptors (Lipinski definition) is 3. The molecule has 4 atom stereocenters. The maximum Gasteiger partial charge on any atom is 0.0783 e. The molecule has 0 aromatic rings. The highest BCUT2D eigenvalue weighted by Gasteiger charge is 2.42. The van der Waals surface area contributed by atoms with Crippen LogP contribution >= 0.6 is 11.8 Å². The molecule has 17 heavy (non-hydrogen) atoms. The predicted octanol–water partition coefficient (Wildman–Crippen LogP) is 2.92. The fourth-order valence-electron chi connectivity index (χ4n) is 3.29. The molecule has 2 rings (SSSR count). The zero-order valence-corrected chi connectivity index (χ0v) is 12.3. The standard InChI is InChI=1S/C14H27NOS/c1-4-15-12(3)11(2)13-5-7-16-14(9-13)6-8-17-10-14/h11-13,15H,4-10H2,1-3H3. The molecule has 0 amide bonds. The van der Waals surface area contributed by atoms with E-state index < -0.39 is 0 Å². The van der Waals surface area contributed by atoms with E-state index in [0.29, 0.717) is 6.04 Å². The second-order valence-electron chi connectivity index (χ2n) is 5.79. The molecule has 1 spiro atoms. The Kier molecular flexibility index (Phi) is 4.79. The van der Waals surface area contributed by atoms with Crippen LogP contribution in [0.4, 0.5) is 0 Å². The minimum Gasteiger partial charge on any atom is -0.374 e. The van der Waals surface area contributed by atoms with E-state index in [4.69, 9.17) is 4.74 Å². The molecule has 0 aliphatic carbocycles. The zero-order chi connectivity index (χ0) is 12.3. The van der Waals surface area contributed by atoms with Crippen molar-refractivity contribution in [2.24, 2.45) is 11.8 Å². The van der Waals surface area contributed by atoms with Gasteiger partial charge in [-0.05, 0) is 50.3 Å². The predicted molar refractivity (Wildman–Crippen MR) is 75.7 cm³/mol. The van der Waals surface area contributed by atoms with Crippen LogP contribution in [0, 0.1) is 11.8 Å². The molecule has 2 aliphatic heterocycles. The molecule has 2 saturated heterocycles. The largest absolute Gasteiger partial charge is 0.374 e. The van der Waals surface area contributed by atoms with E-state index >= 15 is 0 Å². The van der Waals surface area contributed by atoms with E-state index in [2.05, 4.69) is 37.8 Å². The first-order valence-corrected chi connectivity index (χ1v) is 8.27. The van der Waals surface area contributed by atoms with Crippen molar-refractivity contribution in [3.63, 3.8) is 0 Å². The van der Waals surface area contributed by atoms with Crippen molar-refractivity contribution >= 4 is 11.8 Å². The van der Waals surface area contributed by atoms with Crippen molar-refractivity contribution in [3.05, 3.63) is 0 Å². The van der Waals surface area contributed by atoms with Gasteiger partial charge in [0.25, 0.3) is 0 Å². The average molecular weight is 257 g/mol. The SMILES string of the molecule is CCNC(C)C(C)C1CCOC2(CCSC2)C1. The van der Waals surface area contributed by atoms with Gasteiger partial charge in [-0.2, -0.15) is 11.8 Å². The van der Waals surface area contributed by atoms with Crippen molar-refractivity contribution in [3.8, 4) is 0 Å². The highest BCUT2D eigenvalue weighted by molar-refractivity contribution is 7.99. The Bertz CT molecular complexity index is 240. The third-order valence-electron chi connectivity index (χ3n) is 4.66. The first-order valence-electron chi connectivity index (χ1n) is 7.12. The topological polar surface area (TPSA) is 21.3 Å². The van der Waals surface area contributed by atoms with E-state index in [9.17, 15) is 0 Å². The molecule has 2 heterocycles. The summed E-state index contributed by atoms with van der Waals surface area (Å²) in [7, 11) is 0. The van der Waals surface area contributed by atoms with Crippen LogP contribution in [0.3, 0.4) is 0 Å². The van der Waals surface area contributed by atoms with Gasteiger partial charge in [0.15, 0.2) is 0 Å². The van der Waals surface area contributed by atoms with Crippen LogP contribution in [-0.2, 0) is 4.74 Å². The van der Waals surface area contributed by atoms with Gasteiger partial charge >= 0.3 is 0 Å². The Morgan fingerprint density at radius 1 is 1.47 bits per heavy atom. The highest BCUT2D eigenvalue weighted by Crippen LogP contribution is 2.42. The molecule has 3 heteroatoms. The number of ether oxygens (including phenoxy) is 1. The molecule has 4 unspecified atom stereocenters. The molecule has 0 saturated carbocycles. The lowest BCUT2D eigenvalue weighted by Crippen LogP contribution is -2.45. The van der Waals surface area contributed by atoms with E-state index in [1.165, 1.54) is 30.8 Å². The summed E-state index contributed by atoms with van der Waals surface area (Å²) in [6, 6.07) is 0.634. The Hall–Kier alpha value is 0.270. The number of hydrogen-bond donors (Lipinski definition) is 1. The summed E-state index contributed by atoms with van der Waals surface area (Å²) in [4.78, 5) is 0. The zero-order valence-electron chi connectivity index (χ0n) is 11.5. The number of nitrogens with one attached hydrogen (secondary N) is 1. The lowest BCUT2D eigenvalue weighted by Gasteiger charge is -2.41. The normalized spacial score (nSPS) is 37.2. The van der Waals surface area contributed by atoms with Crippen molar-refractivity contribution in [2.75, 3.05) is 24.7 Å². The van der Waals surface area contributed by atoms with Gasteiger partial charge in [-0.3, -0.25) is 0 Å². The summed E-state index contributed by atoms with van der Waals surface area (Å²) in [5.41, 5.74) is 0.244. The van der Waals surface area contributed by atoms with Crippen LogP contribution in [0.15, 0.2) is 0 Å². The van der Waals surface area contributed by atoms with Gasteiger partial charge in [0, 0.05) is 18.4 Å². The molecule has 0 bridgehead atoms. The van der Waals surface area contributed by atoms with Crippen molar-refractivity contribution < 1.29 is 4.74 Å². The molecule has 2 aliphatic rings. The van der Waals surface area contributed by atoms with Crippen LogP contribution in [0.25, 0.3) is 0 Å². The van der Waals surface area contributed by atoms with E-state index in [1.807, 2.05) is 0 Å². The minimum absolute atomic E-state index is 0.244. The summed E-state index contributed by atoms with van der Waals surface area (Å²) in [6.45, 7) is 9.01. The lowest BCUT2D eigenvalue weighted by atomic mass is 9.76.